The summed E-state index contributed by atoms with van der Waals surface area (Å²) >= 11 is 0. The lowest BCUT2D eigenvalue weighted by Gasteiger charge is -2.44. The van der Waals surface area contributed by atoms with Crippen LogP contribution in [0.2, 0.25) is 0 Å². The minimum atomic E-state index is -0.730. The second-order valence-corrected chi connectivity index (χ2v) is 14.0. The molecule has 0 atom stereocenters. The largest absolute Gasteiger partial charge is 0.491 e. The van der Waals surface area contributed by atoms with Gasteiger partial charge in [0.2, 0.25) is 0 Å². The van der Waals surface area contributed by atoms with Gasteiger partial charge in [0.25, 0.3) is 5.91 Å². The molecule has 2 saturated heterocycles. The number of rotatable bonds is 8. The summed E-state index contributed by atoms with van der Waals surface area (Å²) in [6.07, 6.45) is 6.94. The molecule has 0 bridgehead atoms. The van der Waals surface area contributed by atoms with Crippen molar-refractivity contribution in [1.29, 1.82) is 0 Å². The standard InChI is InChI=1S/C39H48FN5O3/c1-26(2)48-32-13-9-10-28(23-32)25-44-20-18-39(19-21-44)37(41-31-11-7-6-8-12-31)42-38(47)45(39)35-24-30(40)15-17-34(35)29-14-16-33(27(3)22-29)36(46)43(4)5/h9-10,13-17,22-24,26,31H,6-8,11-12,18-21,25H2,1-5H3,(H,41,42,47). The van der Waals surface area contributed by atoms with Gasteiger partial charge in [-0.05, 0) is 99.5 Å². The minimum Gasteiger partial charge on any atom is -0.491 e. The highest BCUT2D eigenvalue weighted by atomic mass is 19.1. The predicted molar refractivity (Wildman–Crippen MR) is 189 cm³/mol. The molecule has 48 heavy (non-hydrogen) atoms. The number of carbonyl (C=O) groups excluding carboxylic acids is 2. The quantitative estimate of drug-likeness (QED) is 0.272. The van der Waals surface area contributed by atoms with Gasteiger partial charge in [-0.25, -0.2) is 9.18 Å². The lowest BCUT2D eigenvalue weighted by molar-refractivity contribution is 0.0827. The van der Waals surface area contributed by atoms with Crippen molar-refractivity contribution in [2.45, 2.75) is 89.9 Å². The maximum absolute atomic E-state index is 15.2. The molecule has 2 heterocycles. The molecule has 1 saturated carbocycles. The third-order valence-corrected chi connectivity index (χ3v) is 9.92. The van der Waals surface area contributed by atoms with Crippen molar-refractivity contribution in [1.82, 2.24) is 15.1 Å². The highest BCUT2D eigenvalue weighted by molar-refractivity contribution is 6.20. The van der Waals surface area contributed by atoms with Crippen molar-refractivity contribution in [3.8, 4) is 16.9 Å². The number of urea groups is 1. The number of carbonyl (C=O) groups is 2. The minimum absolute atomic E-state index is 0.0780. The van der Waals surface area contributed by atoms with Gasteiger partial charge in [-0.15, -0.1) is 0 Å². The van der Waals surface area contributed by atoms with Gasteiger partial charge in [0, 0.05) is 44.9 Å². The Morgan fingerprint density at radius 1 is 1.04 bits per heavy atom. The van der Waals surface area contributed by atoms with E-state index in [4.69, 9.17) is 9.73 Å². The molecule has 1 spiro atoms. The topological polar surface area (TPSA) is 77.5 Å². The lowest BCUT2D eigenvalue weighted by atomic mass is 9.83. The summed E-state index contributed by atoms with van der Waals surface area (Å²) in [6, 6.07) is 18.4. The number of amides is 3. The molecule has 0 unspecified atom stereocenters. The predicted octanol–water partition coefficient (Wildman–Crippen LogP) is 7.59. The van der Waals surface area contributed by atoms with E-state index in [9.17, 15) is 9.59 Å². The summed E-state index contributed by atoms with van der Waals surface area (Å²) < 4.78 is 21.1. The molecular formula is C39H48FN5O3. The first-order valence-corrected chi connectivity index (χ1v) is 17.3. The lowest BCUT2D eigenvalue weighted by Crippen LogP contribution is -2.57. The van der Waals surface area contributed by atoms with Gasteiger partial charge in [0.15, 0.2) is 0 Å². The van der Waals surface area contributed by atoms with E-state index in [1.165, 1.54) is 24.1 Å². The fraction of sp³-hybridized carbons (Fsp3) is 0.462. The number of benzene rings is 3. The summed E-state index contributed by atoms with van der Waals surface area (Å²) in [7, 11) is 3.46. The Morgan fingerprint density at radius 2 is 1.79 bits per heavy atom. The number of amidine groups is 1. The first kappa shape index (κ1) is 33.7. The third kappa shape index (κ3) is 6.97. The molecule has 3 fully saturated rings. The summed E-state index contributed by atoms with van der Waals surface area (Å²) in [5, 5.41) is 3.18. The summed E-state index contributed by atoms with van der Waals surface area (Å²) in [4.78, 5) is 37.9. The van der Waals surface area contributed by atoms with Gasteiger partial charge in [-0.3, -0.25) is 24.9 Å². The second kappa shape index (κ2) is 14.1. The molecule has 3 aromatic rings. The summed E-state index contributed by atoms with van der Waals surface area (Å²) in [5.41, 5.74) is 3.94. The number of aryl methyl sites for hydroxylation is 1. The van der Waals surface area contributed by atoms with E-state index in [0.717, 1.165) is 67.8 Å². The second-order valence-electron chi connectivity index (χ2n) is 14.0. The molecule has 254 valence electrons. The van der Waals surface area contributed by atoms with Crippen LogP contribution in [0, 0.1) is 12.7 Å². The van der Waals surface area contributed by atoms with Gasteiger partial charge >= 0.3 is 6.03 Å². The molecule has 3 aromatic carbocycles. The number of anilines is 1. The van der Waals surface area contributed by atoms with Crippen LogP contribution in [0.5, 0.6) is 5.75 Å². The van der Waals surface area contributed by atoms with Gasteiger partial charge in [-0.2, -0.15) is 0 Å². The summed E-state index contributed by atoms with van der Waals surface area (Å²) in [6.45, 7) is 8.22. The molecule has 0 radical (unpaired) electrons. The highest BCUT2D eigenvalue weighted by Crippen LogP contribution is 2.43. The van der Waals surface area contributed by atoms with E-state index in [0.29, 0.717) is 29.9 Å². The van der Waals surface area contributed by atoms with Gasteiger partial charge in [0.1, 0.15) is 22.9 Å². The van der Waals surface area contributed by atoms with Crippen LogP contribution in [0.4, 0.5) is 14.9 Å². The number of likely N-dealkylation sites (tertiary alicyclic amines) is 1. The SMILES string of the molecule is Cc1cc(-c2ccc(F)cc2N2C(=O)NC(=NC3CCCCC3)C23CCN(Cc2cccc(OC(C)C)c2)CC3)ccc1C(=O)N(C)C. The fourth-order valence-electron chi connectivity index (χ4n) is 7.49. The smallest absolute Gasteiger partial charge is 0.328 e. The number of ether oxygens (including phenoxy) is 1. The van der Waals surface area contributed by atoms with Crippen LogP contribution in [0.3, 0.4) is 0 Å². The van der Waals surface area contributed by atoms with Crippen LogP contribution in [0.1, 0.15) is 80.3 Å². The normalized spacial score (nSPS) is 19.3. The van der Waals surface area contributed by atoms with Crippen molar-refractivity contribution in [3.63, 3.8) is 0 Å². The zero-order valence-electron chi connectivity index (χ0n) is 28.9. The number of halogens is 1. The van der Waals surface area contributed by atoms with Crippen molar-refractivity contribution in [2.24, 2.45) is 4.99 Å². The number of nitrogens with one attached hydrogen (secondary N) is 1. The maximum atomic E-state index is 15.2. The maximum Gasteiger partial charge on any atom is 0.328 e. The molecule has 3 amide bonds. The Hall–Kier alpha value is -4.24. The first-order chi connectivity index (χ1) is 23.0. The van der Waals surface area contributed by atoms with Crippen LogP contribution in [-0.2, 0) is 6.54 Å². The molecule has 1 aliphatic carbocycles. The van der Waals surface area contributed by atoms with E-state index < -0.39 is 11.4 Å². The van der Waals surface area contributed by atoms with Crippen molar-refractivity contribution in [2.75, 3.05) is 32.1 Å². The van der Waals surface area contributed by atoms with Crippen molar-refractivity contribution in [3.05, 3.63) is 83.2 Å². The molecular weight excluding hydrogens is 605 g/mol. The molecule has 1 N–H and O–H groups in total. The molecule has 8 nitrogen and oxygen atoms in total. The van der Waals surface area contributed by atoms with E-state index in [1.807, 2.05) is 51.1 Å². The number of hydrogen-bond donors (Lipinski definition) is 1. The first-order valence-electron chi connectivity index (χ1n) is 17.3. The number of aliphatic imine (C=N–C) groups is 1. The molecule has 3 aliphatic rings. The van der Waals surface area contributed by atoms with Crippen LogP contribution in [0.25, 0.3) is 11.1 Å². The Kier molecular flexibility index (Phi) is 9.88. The van der Waals surface area contributed by atoms with E-state index in [1.54, 1.807) is 30.0 Å². The van der Waals surface area contributed by atoms with Gasteiger partial charge in [0.05, 0.1) is 17.8 Å². The molecule has 9 heteroatoms. The number of piperidine rings is 1. The Balaban J connectivity index is 1.35. The fourth-order valence-corrected chi connectivity index (χ4v) is 7.49. The Bertz CT molecular complexity index is 1690. The molecule has 6 rings (SSSR count). The van der Waals surface area contributed by atoms with Crippen LogP contribution >= 0.6 is 0 Å². The highest BCUT2D eigenvalue weighted by Gasteiger charge is 2.53. The van der Waals surface area contributed by atoms with Crippen molar-refractivity contribution < 1.29 is 18.7 Å². The Labute approximate surface area is 284 Å². The number of hydrogen-bond acceptors (Lipinski definition) is 5. The van der Waals surface area contributed by atoms with E-state index in [-0.39, 0.29) is 24.1 Å². The average Bonchev–Trinajstić information content (AvgIpc) is 3.31. The van der Waals surface area contributed by atoms with Crippen molar-refractivity contribution >= 4 is 23.5 Å². The van der Waals surface area contributed by atoms with Gasteiger partial charge < -0.3 is 9.64 Å². The monoisotopic (exact) mass is 653 g/mol. The van der Waals surface area contributed by atoms with Crippen LogP contribution in [0.15, 0.2) is 65.7 Å². The summed E-state index contributed by atoms with van der Waals surface area (Å²) in [5.74, 6) is 1.09. The number of nitrogens with zero attached hydrogens (tertiary/aromatic N) is 4. The third-order valence-electron chi connectivity index (χ3n) is 9.92. The van der Waals surface area contributed by atoms with Crippen LogP contribution < -0.4 is 15.0 Å². The molecule has 0 aromatic heterocycles. The van der Waals surface area contributed by atoms with Gasteiger partial charge in [-0.1, -0.05) is 43.5 Å². The average molecular weight is 654 g/mol. The zero-order chi connectivity index (χ0) is 34.0. The molecule has 2 aliphatic heterocycles. The van der Waals surface area contributed by atoms with Crippen LogP contribution in [-0.4, -0.2) is 72.4 Å². The van der Waals surface area contributed by atoms with E-state index >= 15 is 4.39 Å². The Morgan fingerprint density at radius 3 is 2.48 bits per heavy atom. The van der Waals surface area contributed by atoms with E-state index in [2.05, 4.69) is 22.3 Å². The zero-order valence-corrected chi connectivity index (χ0v) is 28.9.